The number of esters is 2. The van der Waals surface area contributed by atoms with E-state index in [0.29, 0.717) is 29.5 Å². The maximum Gasteiger partial charge on any atom is 0.341 e. The number of ether oxygens (including phenoxy) is 3. The van der Waals surface area contributed by atoms with Crippen LogP contribution in [0, 0.1) is 0 Å². The molecule has 1 rings (SSSR count). The fraction of sp³-hybridized carbons (Fsp3) is 0.412. The second-order valence-corrected chi connectivity index (χ2v) is 14.7. The Morgan fingerprint density at radius 2 is 1.81 bits per heavy atom. The van der Waals surface area contributed by atoms with E-state index in [-0.39, 0.29) is 12.4 Å². The summed E-state index contributed by atoms with van der Waals surface area (Å²) in [6, 6.07) is 2.98. The molecule has 9 heteroatoms. The largest absolute Gasteiger partial charge is 0.493 e. The van der Waals surface area contributed by atoms with Gasteiger partial charge in [-0.25, -0.2) is 4.79 Å². The van der Waals surface area contributed by atoms with E-state index in [4.69, 9.17) is 42.7 Å². The molecule has 0 bridgehead atoms. The molecule has 26 heavy (non-hydrogen) atoms. The van der Waals surface area contributed by atoms with Crippen molar-refractivity contribution in [3.05, 3.63) is 29.8 Å². The molecular weight excluding hydrogens is 419 g/mol. The molecule has 0 fully saturated rings. The molecule has 0 N–H and O–H groups in total. The molecule has 0 saturated heterocycles. The number of halogens is 3. The maximum atomic E-state index is 12.0. The minimum atomic E-state index is -2.58. The molecule has 0 radical (unpaired) electrons. The average molecular weight is 440 g/mol. The van der Waals surface area contributed by atoms with Crippen LogP contribution in [0.25, 0.3) is 6.08 Å². The van der Waals surface area contributed by atoms with Gasteiger partial charge >= 0.3 is 17.9 Å². The zero-order valence-corrected chi connectivity index (χ0v) is 17.9. The molecule has 0 spiro atoms. The van der Waals surface area contributed by atoms with Crippen molar-refractivity contribution >= 4 is 57.3 Å². The van der Waals surface area contributed by atoms with E-state index in [1.807, 2.05) is 0 Å². The van der Waals surface area contributed by atoms with E-state index in [9.17, 15) is 9.59 Å². The summed E-state index contributed by atoms with van der Waals surface area (Å²) in [5.74, 6) is -0.0989. The van der Waals surface area contributed by atoms with Gasteiger partial charge in [-0.05, 0) is 36.2 Å². The second-order valence-electron chi connectivity index (χ2n) is 5.42. The maximum absolute atomic E-state index is 12.0. The van der Waals surface area contributed by atoms with Crippen molar-refractivity contribution in [3.63, 3.8) is 0 Å². The highest BCUT2D eigenvalue weighted by Crippen LogP contribution is 2.30. The molecule has 0 aromatic heterocycles. The topological polar surface area (TPSA) is 61.8 Å². The van der Waals surface area contributed by atoms with Crippen molar-refractivity contribution in [1.29, 1.82) is 0 Å². The summed E-state index contributed by atoms with van der Waals surface area (Å²) in [7, 11) is 2.77. The molecule has 0 heterocycles. The van der Waals surface area contributed by atoms with Crippen molar-refractivity contribution in [2.75, 3.05) is 14.2 Å². The van der Waals surface area contributed by atoms with Crippen LogP contribution in [-0.2, 0) is 14.3 Å². The summed E-state index contributed by atoms with van der Waals surface area (Å²) in [4.78, 5) is 23.1. The third-order valence-electron chi connectivity index (χ3n) is 3.37. The molecule has 0 saturated carbocycles. The predicted molar refractivity (Wildman–Crippen MR) is 106 cm³/mol. The molecule has 0 amide bonds. The van der Waals surface area contributed by atoms with Crippen molar-refractivity contribution in [2.45, 2.75) is 31.7 Å². The molecule has 0 atom stereocenters. The Morgan fingerprint density at radius 1 is 1.08 bits per heavy atom. The predicted octanol–water partition coefficient (Wildman–Crippen LogP) is 5.00. The number of hydrogen-bond acceptors (Lipinski definition) is 5. The number of methoxy groups -OCH3 is 2. The molecule has 1 aromatic rings. The lowest BCUT2D eigenvalue weighted by Crippen LogP contribution is -2.10. The lowest BCUT2D eigenvalue weighted by Gasteiger charge is -2.10. The van der Waals surface area contributed by atoms with E-state index >= 15 is 0 Å². The van der Waals surface area contributed by atoms with E-state index < -0.39 is 12.0 Å². The number of rotatable bonds is 10. The summed E-state index contributed by atoms with van der Waals surface area (Å²) in [6.45, 7) is 0. The number of hydrogen-bond donors (Lipinski definition) is 0. The summed E-state index contributed by atoms with van der Waals surface area (Å²) in [5, 5.41) is 0. The van der Waals surface area contributed by atoms with Crippen LogP contribution in [-0.4, -0.2) is 32.2 Å². The quantitative estimate of drug-likeness (QED) is 0.128. The highest BCUT2D eigenvalue weighted by molar-refractivity contribution is 7.64. The fourth-order valence-electron chi connectivity index (χ4n) is 2.05. The van der Waals surface area contributed by atoms with Crippen LogP contribution in [0.4, 0.5) is 0 Å². The Morgan fingerprint density at radius 3 is 2.42 bits per heavy atom. The molecule has 0 aliphatic rings. The van der Waals surface area contributed by atoms with E-state index in [0.717, 1.165) is 12.8 Å². The van der Waals surface area contributed by atoms with Crippen LogP contribution in [0.2, 0.25) is 6.04 Å². The van der Waals surface area contributed by atoms with Crippen LogP contribution in [0.5, 0.6) is 11.5 Å². The molecule has 1 aromatic carbocycles. The van der Waals surface area contributed by atoms with Crippen LogP contribution >= 0.6 is 33.2 Å². The lowest BCUT2D eigenvalue weighted by molar-refractivity contribution is -0.135. The summed E-state index contributed by atoms with van der Waals surface area (Å²) >= 11 is 17.4. The SMILES string of the molecule is COC(=O)/C=C/c1ccc(OC(=O)CCCCC[Si](Cl)(Cl)Cl)c(OC)c1. The van der Waals surface area contributed by atoms with E-state index in [1.165, 1.54) is 20.3 Å². The summed E-state index contributed by atoms with van der Waals surface area (Å²) in [5.41, 5.74) is 0.711. The third kappa shape index (κ3) is 9.47. The van der Waals surface area contributed by atoms with Gasteiger partial charge in [-0.15, -0.1) is 33.2 Å². The van der Waals surface area contributed by atoms with Gasteiger partial charge in [-0.2, -0.15) is 0 Å². The second kappa shape index (κ2) is 11.5. The average Bonchev–Trinajstić information content (AvgIpc) is 2.59. The van der Waals surface area contributed by atoms with Crippen molar-refractivity contribution in [3.8, 4) is 11.5 Å². The number of benzene rings is 1. The molecule has 0 unspecified atom stereocenters. The zero-order valence-electron chi connectivity index (χ0n) is 14.6. The Bertz CT molecular complexity index is 644. The first kappa shape index (κ1) is 22.8. The van der Waals surface area contributed by atoms with Crippen molar-refractivity contribution < 1.29 is 23.8 Å². The summed E-state index contributed by atoms with van der Waals surface area (Å²) < 4.78 is 15.1. The normalized spacial score (nSPS) is 11.4. The Balaban J connectivity index is 2.54. The smallest absolute Gasteiger partial charge is 0.341 e. The van der Waals surface area contributed by atoms with Gasteiger partial charge in [0.1, 0.15) is 0 Å². The first-order chi connectivity index (χ1) is 12.2. The van der Waals surface area contributed by atoms with Crippen LogP contribution in [0.1, 0.15) is 31.2 Å². The summed E-state index contributed by atoms with van der Waals surface area (Å²) in [6.07, 6.45) is 5.38. The van der Waals surface area contributed by atoms with Crippen LogP contribution < -0.4 is 9.47 Å². The van der Waals surface area contributed by atoms with Crippen molar-refractivity contribution in [2.24, 2.45) is 0 Å². The Labute approximate surface area is 168 Å². The van der Waals surface area contributed by atoms with Gasteiger partial charge in [0.15, 0.2) is 11.5 Å². The van der Waals surface area contributed by atoms with E-state index in [1.54, 1.807) is 24.3 Å². The first-order valence-electron chi connectivity index (χ1n) is 7.96. The zero-order chi connectivity index (χ0) is 19.6. The van der Waals surface area contributed by atoms with Crippen LogP contribution in [0.3, 0.4) is 0 Å². The molecule has 0 aliphatic carbocycles. The highest BCUT2D eigenvalue weighted by Gasteiger charge is 2.23. The highest BCUT2D eigenvalue weighted by atomic mass is 35.8. The molecule has 0 aliphatic heterocycles. The Kier molecular flexibility index (Phi) is 10.1. The van der Waals surface area contributed by atoms with Gasteiger partial charge in [0, 0.05) is 12.5 Å². The van der Waals surface area contributed by atoms with Gasteiger partial charge in [0.2, 0.25) is 0 Å². The van der Waals surface area contributed by atoms with Gasteiger partial charge in [0.05, 0.1) is 14.2 Å². The molecule has 144 valence electrons. The molecule has 5 nitrogen and oxygen atoms in total. The van der Waals surface area contributed by atoms with Gasteiger partial charge in [-0.3, -0.25) is 4.79 Å². The van der Waals surface area contributed by atoms with E-state index in [2.05, 4.69) is 4.74 Å². The minimum absolute atomic E-state index is 0.272. The lowest BCUT2D eigenvalue weighted by atomic mass is 10.2. The Hall–Kier alpha value is -1.21. The van der Waals surface area contributed by atoms with Crippen LogP contribution in [0.15, 0.2) is 24.3 Å². The molecular formula is C17H21Cl3O5Si. The number of unbranched alkanes of at least 4 members (excludes halogenated alkanes) is 2. The van der Waals surface area contributed by atoms with Crippen molar-refractivity contribution in [1.82, 2.24) is 0 Å². The minimum Gasteiger partial charge on any atom is -0.493 e. The number of carbonyl (C=O) groups is 2. The van der Waals surface area contributed by atoms with Gasteiger partial charge in [-0.1, -0.05) is 18.9 Å². The van der Waals surface area contributed by atoms with Gasteiger partial charge in [0.25, 0.3) is 0 Å². The number of carbonyl (C=O) groups excluding carboxylic acids is 2. The van der Waals surface area contributed by atoms with Gasteiger partial charge < -0.3 is 14.2 Å². The third-order valence-corrected chi connectivity index (χ3v) is 5.99. The monoisotopic (exact) mass is 438 g/mol. The first-order valence-corrected chi connectivity index (χ1v) is 13.2. The standard InChI is InChI=1S/C17H21Cl3O5Si/c1-23-15-12-13(8-10-16(21)24-2)7-9-14(15)25-17(22)6-4-3-5-11-26(18,19)20/h7-10,12H,3-6,11H2,1-2H3/b10-8+. The fourth-order valence-corrected chi connectivity index (χ4v) is 3.90.